The van der Waals surface area contributed by atoms with Crippen LogP contribution in [0.25, 0.3) is 0 Å². The van der Waals surface area contributed by atoms with Crippen LogP contribution in [0.1, 0.15) is 43.4 Å². The van der Waals surface area contributed by atoms with Crippen molar-refractivity contribution in [1.29, 1.82) is 0 Å². The molecular formula is C12H16BrNO2. The van der Waals surface area contributed by atoms with Gasteiger partial charge in [-0.1, -0.05) is 35.8 Å². The average Bonchev–Trinajstić information content (AvgIpc) is 2.15. The number of hydrogen-bond donors (Lipinski definition) is 2. The number of carbonyl (C=O) groups is 1. The highest BCUT2D eigenvalue weighted by Crippen LogP contribution is 2.28. The number of hydrogen-bond acceptors (Lipinski definition) is 2. The summed E-state index contributed by atoms with van der Waals surface area (Å²) in [6.07, 6.45) is -0.0455. The molecule has 0 aliphatic rings. The lowest BCUT2D eigenvalue weighted by Gasteiger charge is -2.17. The average molecular weight is 286 g/mol. The van der Waals surface area contributed by atoms with Crippen molar-refractivity contribution in [2.45, 2.75) is 32.2 Å². The fourth-order valence-corrected chi connectivity index (χ4v) is 2.07. The lowest BCUT2D eigenvalue weighted by Crippen LogP contribution is -2.17. The molecule has 1 atom stereocenters. The van der Waals surface area contributed by atoms with Crippen molar-refractivity contribution in [3.05, 3.63) is 33.8 Å². The van der Waals surface area contributed by atoms with E-state index in [0.29, 0.717) is 5.92 Å². The lowest BCUT2D eigenvalue weighted by molar-refractivity contribution is -0.137. The summed E-state index contributed by atoms with van der Waals surface area (Å²) in [6.45, 7) is 4.14. The summed E-state index contributed by atoms with van der Waals surface area (Å²) >= 11 is 3.38. The van der Waals surface area contributed by atoms with Crippen molar-refractivity contribution in [1.82, 2.24) is 0 Å². The smallest absolute Gasteiger partial charge is 0.305 e. The summed E-state index contributed by atoms with van der Waals surface area (Å²) in [5, 5.41) is 8.75. The van der Waals surface area contributed by atoms with Crippen LogP contribution in [0.3, 0.4) is 0 Å². The minimum Gasteiger partial charge on any atom is -0.481 e. The van der Waals surface area contributed by atoms with Crippen LogP contribution in [0, 0.1) is 0 Å². The Hall–Kier alpha value is -0.870. The Bertz CT molecular complexity index is 391. The molecule has 1 aromatic rings. The normalized spacial score (nSPS) is 12.8. The first-order valence-corrected chi connectivity index (χ1v) is 5.97. The molecule has 3 N–H and O–H groups in total. The molecule has 1 rings (SSSR count). The maximum absolute atomic E-state index is 10.7. The van der Waals surface area contributed by atoms with E-state index < -0.39 is 12.0 Å². The van der Waals surface area contributed by atoms with Gasteiger partial charge in [0.15, 0.2) is 0 Å². The first-order chi connectivity index (χ1) is 7.41. The van der Waals surface area contributed by atoms with E-state index in [2.05, 4.69) is 29.8 Å². The number of halogens is 1. The van der Waals surface area contributed by atoms with E-state index in [9.17, 15) is 4.79 Å². The van der Waals surface area contributed by atoms with E-state index in [1.54, 1.807) is 0 Å². The molecule has 0 amide bonds. The van der Waals surface area contributed by atoms with Gasteiger partial charge in [-0.3, -0.25) is 4.79 Å². The van der Waals surface area contributed by atoms with Gasteiger partial charge in [-0.05, 0) is 29.2 Å². The SMILES string of the molecule is CC(C)c1ccc(Br)cc1C(N)CC(=O)O. The molecule has 0 spiro atoms. The number of benzene rings is 1. The molecule has 0 aliphatic heterocycles. The van der Waals surface area contributed by atoms with Crippen LogP contribution in [0.15, 0.2) is 22.7 Å². The highest BCUT2D eigenvalue weighted by Gasteiger charge is 2.16. The number of rotatable bonds is 4. The summed E-state index contributed by atoms with van der Waals surface area (Å²) in [7, 11) is 0. The van der Waals surface area contributed by atoms with Gasteiger partial charge in [0.2, 0.25) is 0 Å². The fraction of sp³-hybridized carbons (Fsp3) is 0.417. The first-order valence-electron chi connectivity index (χ1n) is 5.18. The molecule has 0 fully saturated rings. The zero-order valence-corrected chi connectivity index (χ0v) is 11.0. The molecule has 0 aromatic heterocycles. The number of carboxylic acids is 1. The predicted molar refractivity (Wildman–Crippen MR) is 67.4 cm³/mol. The first kappa shape index (κ1) is 13.2. The maximum Gasteiger partial charge on any atom is 0.305 e. The van der Waals surface area contributed by atoms with E-state index >= 15 is 0 Å². The topological polar surface area (TPSA) is 63.3 Å². The van der Waals surface area contributed by atoms with Crippen LogP contribution >= 0.6 is 15.9 Å². The molecule has 88 valence electrons. The Morgan fingerprint density at radius 2 is 2.06 bits per heavy atom. The third-order valence-electron chi connectivity index (χ3n) is 2.46. The zero-order chi connectivity index (χ0) is 12.3. The van der Waals surface area contributed by atoms with Crippen molar-refractivity contribution in [3.8, 4) is 0 Å². The summed E-state index contributed by atoms with van der Waals surface area (Å²) in [4.78, 5) is 10.7. The second-order valence-electron chi connectivity index (χ2n) is 4.13. The fourth-order valence-electron chi connectivity index (χ4n) is 1.69. The second kappa shape index (κ2) is 5.46. The van der Waals surface area contributed by atoms with E-state index in [0.717, 1.165) is 15.6 Å². The van der Waals surface area contributed by atoms with Gasteiger partial charge in [0.1, 0.15) is 0 Å². The van der Waals surface area contributed by atoms with Crippen LogP contribution in [0.5, 0.6) is 0 Å². The van der Waals surface area contributed by atoms with Crippen molar-refractivity contribution in [2.75, 3.05) is 0 Å². The monoisotopic (exact) mass is 285 g/mol. The standard InChI is InChI=1S/C12H16BrNO2/c1-7(2)9-4-3-8(13)5-10(9)11(14)6-12(15)16/h3-5,7,11H,6,14H2,1-2H3,(H,15,16). The quantitative estimate of drug-likeness (QED) is 0.894. The van der Waals surface area contributed by atoms with Crippen LogP contribution in [-0.2, 0) is 4.79 Å². The predicted octanol–water partition coefficient (Wildman–Crippen LogP) is 3.05. The Morgan fingerprint density at radius 3 is 2.56 bits per heavy atom. The third kappa shape index (κ3) is 3.32. The number of aliphatic carboxylic acids is 1. The van der Waals surface area contributed by atoms with E-state index in [4.69, 9.17) is 10.8 Å². The van der Waals surface area contributed by atoms with Crippen molar-refractivity contribution < 1.29 is 9.90 Å². The van der Waals surface area contributed by atoms with E-state index in [1.165, 1.54) is 0 Å². The molecule has 4 heteroatoms. The summed E-state index contributed by atoms with van der Waals surface area (Å²) in [5.41, 5.74) is 7.92. The molecule has 0 bridgehead atoms. The molecular weight excluding hydrogens is 270 g/mol. The Balaban J connectivity index is 3.08. The molecule has 3 nitrogen and oxygen atoms in total. The van der Waals surface area contributed by atoms with Crippen LogP contribution in [-0.4, -0.2) is 11.1 Å². The molecule has 0 saturated heterocycles. The minimum absolute atomic E-state index is 0.0455. The van der Waals surface area contributed by atoms with Crippen molar-refractivity contribution in [3.63, 3.8) is 0 Å². The highest BCUT2D eigenvalue weighted by molar-refractivity contribution is 9.10. The maximum atomic E-state index is 10.7. The number of nitrogens with two attached hydrogens (primary N) is 1. The Kier molecular flexibility index (Phi) is 4.50. The van der Waals surface area contributed by atoms with Crippen LogP contribution < -0.4 is 5.73 Å². The van der Waals surface area contributed by atoms with Crippen molar-refractivity contribution >= 4 is 21.9 Å². The molecule has 1 aromatic carbocycles. The largest absolute Gasteiger partial charge is 0.481 e. The lowest BCUT2D eigenvalue weighted by atomic mass is 9.92. The van der Waals surface area contributed by atoms with Crippen LogP contribution in [0.4, 0.5) is 0 Å². The van der Waals surface area contributed by atoms with Gasteiger partial charge in [-0.2, -0.15) is 0 Å². The Labute approximate surface area is 104 Å². The van der Waals surface area contributed by atoms with Gasteiger partial charge in [0.05, 0.1) is 6.42 Å². The second-order valence-corrected chi connectivity index (χ2v) is 5.05. The van der Waals surface area contributed by atoms with E-state index in [1.807, 2.05) is 18.2 Å². The molecule has 1 unspecified atom stereocenters. The van der Waals surface area contributed by atoms with Crippen molar-refractivity contribution in [2.24, 2.45) is 5.73 Å². The highest BCUT2D eigenvalue weighted by atomic mass is 79.9. The van der Waals surface area contributed by atoms with Crippen LogP contribution in [0.2, 0.25) is 0 Å². The molecule has 16 heavy (non-hydrogen) atoms. The van der Waals surface area contributed by atoms with Gasteiger partial charge in [-0.15, -0.1) is 0 Å². The summed E-state index contributed by atoms with van der Waals surface area (Å²) in [6, 6.07) is 5.40. The van der Waals surface area contributed by atoms with Gasteiger partial charge in [0, 0.05) is 10.5 Å². The minimum atomic E-state index is -0.873. The Morgan fingerprint density at radius 1 is 1.44 bits per heavy atom. The van der Waals surface area contributed by atoms with Gasteiger partial charge in [0.25, 0.3) is 0 Å². The summed E-state index contributed by atoms with van der Waals surface area (Å²) in [5.74, 6) is -0.537. The third-order valence-corrected chi connectivity index (χ3v) is 2.96. The van der Waals surface area contributed by atoms with E-state index in [-0.39, 0.29) is 6.42 Å². The van der Waals surface area contributed by atoms with Gasteiger partial charge < -0.3 is 10.8 Å². The number of carboxylic acid groups (broad SMARTS) is 1. The molecule has 0 saturated carbocycles. The zero-order valence-electron chi connectivity index (χ0n) is 9.40. The van der Waals surface area contributed by atoms with Gasteiger partial charge >= 0.3 is 5.97 Å². The molecule has 0 heterocycles. The molecule has 0 aliphatic carbocycles. The van der Waals surface area contributed by atoms with Gasteiger partial charge in [-0.25, -0.2) is 0 Å². The summed E-state index contributed by atoms with van der Waals surface area (Å²) < 4.78 is 0.924. The molecule has 0 radical (unpaired) electrons.